The molecule has 0 fully saturated rings. The number of ketones is 1. The summed E-state index contributed by atoms with van der Waals surface area (Å²) in [5.74, 6) is -0.414. The number of esters is 1. The second kappa shape index (κ2) is 4.52. The number of carbonyl (C=O) groups excluding carboxylic acids is 2. The van der Waals surface area contributed by atoms with Crippen molar-refractivity contribution in [2.45, 2.75) is 19.3 Å². The molecule has 2 aromatic rings. The van der Waals surface area contributed by atoms with Gasteiger partial charge in [-0.2, -0.15) is 0 Å². The molecule has 1 aromatic carbocycles. The highest BCUT2D eigenvalue weighted by molar-refractivity contribution is 5.98. The molecule has 0 radical (unpaired) electrons. The lowest BCUT2D eigenvalue weighted by molar-refractivity contribution is -0.135. The summed E-state index contributed by atoms with van der Waals surface area (Å²) in [7, 11) is 0. The first-order valence-corrected chi connectivity index (χ1v) is 6.19. The van der Waals surface area contributed by atoms with Crippen LogP contribution in [0.1, 0.15) is 40.9 Å². The maximum atomic E-state index is 11.6. The lowest BCUT2D eigenvalue weighted by atomic mass is 9.88. The van der Waals surface area contributed by atoms with E-state index < -0.39 is 11.9 Å². The van der Waals surface area contributed by atoms with Gasteiger partial charge in [0.2, 0.25) is 0 Å². The number of ether oxygens (including phenoxy) is 1. The Morgan fingerprint density at radius 1 is 1.35 bits per heavy atom. The van der Waals surface area contributed by atoms with Gasteiger partial charge in [-0.25, -0.2) is 0 Å². The van der Waals surface area contributed by atoms with Crippen LogP contribution in [0.15, 0.2) is 34.9 Å². The van der Waals surface area contributed by atoms with E-state index in [1.54, 1.807) is 12.1 Å². The van der Waals surface area contributed by atoms with Gasteiger partial charge >= 0.3 is 5.97 Å². The van der Waals surface area contributed by atoms with Crippen molar-refractivity contribution < 1.29 is 23.8 Å². The molecule has 1 aliphatic rings. The number of Topliss-reactive ketones (excluding diaryl/α,β-unsaturated/α-hetero) is 1. The van der Waals surface area contributed by atoms with Crippen LogP contribution in [0, 0.1) is 0 Å². The minimum Gasteiger partial charge on any atom is -0.507 e. The van der Waals surface area contributed by atoms with E-state index in [2.05, 4.69) is 0 Å². The molecule has 1 aromatic heterocycles. The minimum atomic E-state index is -0.444. The van der Waals surface area contributed by atoms with Crippen LogP contribution in [0.25, 0.3) is 0 Å². The summed E-state index contributed by atoms with van der Waals surface area (Å²) >= 11 is 0. The van der Waals surface area contributed by atoms with Crippen molar-refractivity contribution in [2.24, 2.45) is 0 Å². The molecule has 1 aliphatic heterocycles. The predicted octanol–water partition coefficient (Wildman–Crippen LogP) is 2.63. The molecule has 0 bridgehead atoms. The number of hydrogen-bond acceptors (Lipinski definition) is 5. The number of benzene rings is 1. The van der Waals surface area contributed by atoms with Gasteiger partial charge < -0.3 is 14.3 Å². The second-order valence-electron chi connectivity index (χ2n) is 4.68. The number of phenolic OH excluding ortho intramolecular Hbond substituents is 1. The van der Waals surface area contributed by atoms with Crippen LogP contribution in [0.4, 0.5) is 0 Å². The molecule has 20 heavy (non-hydrogen) atoms. The molecule has 0 unspecified atom stereocenters. The third-order valence-electron chi connectivity index (χ3n) is 3.39. The fraction of sp³-hybridized carbons (Fsp3) is 0.200. The van der Waals surface area contributed by atoms with Crippen molar-refractivity contribution in [1.82, 2.24) is 0 Å². The summed E-state index contributed by atoms with van der Waals surface area (Å²) in [6, 6.07) is 6.42. The van der Waals surface area contributed by atoms with E-state index in [4.69, 9.17) is 9.15 Å². The van der Waals surface area contributed by atoms with Gasteiger partial charge in [0.05, 0.1) is 24.2 Å². The quantitative estimate of drug-likeness (QED) is 0.516. The molecule has 5 heteroatoms. The standard InChI is InChI=1S/C15H12O5/c1-8(16)9-4-5-12-14(15(9)18)10(7-13(17)20-12)11-3-2-6-19-11/h2-6,10,18H,7H2,1H3/t10-/m1/s1. The second-order valence-corrected chi connectivity index (χ2v) is 4.68. The Morgan fingerprint density at radius 3 is 2.80 bits per heavy atom. The van der Waals surface area contributed by atoms with E-state index in [0.29, 0.717) is 11.3 Å². The van der Waals surface area contributed by atoms with E-state index in [0.717, 1.165) is 0 Å². The van der Waals surface area contributed by atoms with Gasteiger partial charge in [0.1, 0.15) is 17.3 Å². The first-order valence-electron chi connectivity index (χ1n) is 6.19. The van der Waals surface area contributed by atoms with Crippen molar-refractivity contribution in [1.29, 1.82) is 0 Å². The van der Waals surface area contributed by atoms with Crippen LogP contribution < -0.4 is 4.74 Å². The zero-order valence-corrected chi connectivity index (χ0v) is 10.8. The third kappa shape index (κ3) is 1.87. The lowest BCUT2D eigenvalue weighted by Crippen LogP contribution is -2.21. The molecular formula is C15H12O5. The highest BCUT2D eigenvalue weighted by atomic mass is 16.5. The zero-order chi connectivity index (χ0) is 14.3. The predicted molar refractivity (Wildman–Crippen MR) is 68.9 cm³/mol. The number of hydrogen-bond donors (Lipinski definition) is 1. The van der Waals surface area contributed by atoms with Crippen molar-refractivity contribution in [3.8, 4) is 11.5 Å². The topological polar surface area (TPSA) is 76.7 Å². The van der Waals surface area contributed by atoms with Gasteiger partial charge in [-0.05, 0) is 31.2 Å². The van der Waals surface area contributed by atoms with E-state index in [9.17, 15) is 14.7 Å². The van der Waals surface area contributed by atoms with Crippen molar-refractivity contribution in [2.75, 3.05) is 0 Å². The first kappa shape index (κ1) is 12.5. The average Bonchev–Trinajstić information content (AvgIpc) is 2.91. The van der Waals surface area contributed by atoms with Gasteiger partial charge in [0.25, 0.3) is 0 Å². The number of furan rings is 1. The molecule has 0 spiro atoms. The molecular weight excluding hydrogens is 260 g/mol. The normalized spacial score (nSPS) is 17.4. The Hall–Kier alpha value is -2.56. The van der Waals surface area contributed by atoms with Crippen LogP contribution in [-0.4, -0.2) is 16.9 Å². The summed E-state index contributed by atoms with van der Waals surface area (Å²) in [6.45, 7) is 1.37. The Labute approximate surface area is 114 Å². The van der Waals surface area contributed by atoms with E-state index in [-0.39, 0.29) is 29.3 Å². The molecule has 3 rings (SSSR count). The summed E-state index contributed by atoms with van der Waals surface area (Å²) in [6.07, 6.45) is 1.57. The fourth-order valence-corrected chi connectivity index (χ4v) is 2.46. The first-order chi connectivity index (χ1) is 9.58. The van der Waals surface area contributed by atoms with Crippen LogP contribution in [0.2, 0.25) is 0 Å². The van der Waals surface area contributed by atoms with Crippen molar-refractivity contribution in [3.05, 3.63) is 47.4 Å². The summed E-state index contributed by atoms with van der Waals surface area (Å²) in [4.78, 5) is 23.2. The van der Waals surface area contributed by atoms with Gasteiger partial charge in [-0.3, -0.25) is 9.59 Å². The monoisotopic (exact) mass is 272 g/mol. The van der Waals surface area contributed by atoms with Gasteiger partial charge in [0, 0.05) is 5.56 Å². The Kier molecular flexibility index (Phi) is 2.82. The van der Waals surface area contributed by atoms with Gasteiger partial charge in [-0.1, -0.05) is 0 Å². The Morgan fingerprint density at radius 2 is 2.15 bits per heavy atom. The third-order valence-corrected chi connectivity index (χ3v) is 3.39. The Bertz CT molecular complexity index is 685. The summed E-state index contributed by atoms with van der Waals surface area (Å²) in [5, 5.41) is 10.3. The highest BCUT2D eigenvalue weighted by Crippen LogP contribution is 2.45. The van der Waals surface area contributed by atoms with Gasteiger partial charge in [-0.15, -0.1) is 0 Å². The van der Waals surface area contributed by atoms with E-state index >= 15 is 0 Å². The molecule has 0 amide bonds. The maximum Gasteiger partial charge on any atom is 0.312 e. The molecule has 0 saturated heterocycles. The molecule has 0 saturated carbocycles. The molecule has 1 N–H and O–H groups in total. The zero-order valence-electron chi connectivity index (χ0n) is 10.8. The number of phenols is 1. The number of fused-ring (bicyclic) bond motifs is 1. The Balaban J connectivity index is 2.21. The molecule has 2 heterocycles. The minimum absolute atomic E-state index is 0.0649. The van der Waals surface area contributed by atoms with Crippen LogP contribution in [0.5, 0.6) is 11.5 Å². The summed E-state index contributed by atoms with van der Waals surface area (Å²) in [5.41, 5.74) is 0.630. The molecule has 1 atom stereocenters. The van der Waals surface area contributed by atoms with E-state index in [1.165, 1.54) is 25.3 Å². The van der Waals surface area contributed by atoms with Crippen molar-refractivity contribution in [3.63, 3.8) is 0 Å². The smallest absolute Gasteiger partial charge is 0.312 e. The fourth-order valence-electron chi connectivity index (χ4n) is 2.46. The SMILES string of the molecule is CC(=O)c1ccc2c(c1O)[C@@H](c1ccco1)CC(=O)O2. The van der Waals surface area contributed by atoms with Crippen molar-refractivity contribution >= 4 is 11.8 Å². The van der Waals surface area contributed by atoms with Crippen LogP contribution in [-0.2, 0) is 4.79 Å². The highest BCUT2D eigenvalue weighted by Gasteiger charge is 2.34. The number of carbonyl (C=O) groups is 2. The van der Waals surface area contributed by atoms with Gasteiger partial charge in [0.15, 0.2) is 5.78 Å². The molecule has 0 aliphatic carbocycles. The number of aromatic hydroxyl groups is 1. The van der Waals surface area contributed by atoms with Crippen LogP contribution in [0.3, 0.4) is 0 Å². The van der Waals surface area contributed by atoms with Crippen LogP contribution >= 0.6 is 0 Å². The lowest BCUT2D eigenvalue weighted by Gasteiger charge is -2.24. The average molecular weight is 272 g/mol. The maximum absolute atomic E-state index is 11.6. The largest absolute Gasteiger partial charge is 0.507 e. The number of rotatable bonds is 2. The van der Waals surface area contributed by atoms with E-state index in [1.807, 2.05) is 0 Å². The molecule has 5 nitrogen and oxygen atoms in total. The summed E-state index contributed by atoms with van der Waals surface area (Å²) < 4.78 is 10.5. The molecule has 102 valence electrons.